The number of fused-ring (bicyclic) bond motifs is 2. The Hall–Kier alpha value is -1.56. The summed E-state index contributed by atoms with van der Waals surface area (Å²) in [4.78, 5) is 26.9. The zero-order valence-corrected chi connectivity index (χ0v) is 17.0. The number of cyclic esters (lactones) is 1. The molecule has 0 amide bonds. The summed E-state index contributed by atoms with van der Waals surface area (Å²) in [6.07, 6.45) is 4.59. The normalized spacial score (nSPS) is 47.6. The second kappa shape index (κ2) is 6.22. The molecule has 4 heterocycles. The standard InChI is InChI=1S/C22H31NO5/c1-4-14-18-17(12(3)21(25)28-18)13-10-15(16-9-11(2)20(24)27-16)23-8-6-5-7-22(14,26)19(13)23/h11-12,14-18,26H,4-10H2,1-3H3/t11-,12-,14-,15-,16-,17+,18-,22-/m0/s1. The van der Waals surface area contributed by atoms with Gasteiger partial charge in [-0.3, -0.25) is 9.59 Å². The van der Waals surface area contributed by atoms with Crippen LogP contribution in [0.4, 0.5) is 0 Å². The lowest BCUT2D eigenvalue weighted by molar-refractivity contribution is -0.151. The van der Waals surface area contributed by atoms with E-state index in [1.54, 1.807) is 0 Å². The van der Waals surface area contributed by atoms with Crippen molar-refractivity contribution < 1.29 is 24.2 Å². The van der Waals surface area contributed by atoms with Crippen molar-refractivity contribution in [2.75, 3.05) is 6.54 Å². The third kappa shape index (κ3) is 2.30. The highest BCUT2D eigenvalue weighted by atomic mass is 16.6. The molecule has 154 valence electrons. The molecule has 0 bridgehead atoms. The molecule has 0 aromatic rings. The molecule has 5 rings (SSSR count). The van der Waals surface area contributed by atoms with Crippen molar-refractivity contribution in [1.29, 1.82) is 0 Å². The molecular weight excluding hydrogens is 358 g/mol. The maximum absolute atomic E-state index is 12.5. The number of aliphatic hydroxyl groups is 1. The Morgan fingerprint density at radius 1 is 1.18 bits per heavy atom. The summed E-state index contributed by atoms with van der Waals surface area (Å²) in [7, 11) is 0. The number of hydrogen-bond donors (Lipinski definition) is 1. The monoisotopic (exact) mass is 389 g/mol. The SMILES string of the molecule is CC[C@H]1[C@@H]2OC(=O)[C@@H](C)[C@@H]2C2=C3N(CCCC[C@@]31O)[C@H]([C@@H]1C[C@H](C)C(=O)O1)C2. The van der Waals surface area contributed by atoms with Gasteiger partial charge in [0.05, 0.1) is 17.9 Å². The van der Waals surface area contributed by atoms with Gasteiger partial charge in [0.2, 0.25) is 0 Å². The topological polar surface area (TPSA) is 76.1 Å². The summed E-state index contributed by atoms with van der Waals surface area (Å²) in [5.74, 6) is -0.545. The molecule has 3 saturated heterocycles. The molecule has 6 heteroatoms. The van der Waals surface area contributed by atoms with Gasteiger partial charge in [0.1, 0.15) is 17.8 Å². The van der Waals surface area contributed by atoms with E-state index in [-0.39, 0.29) is 53.9 Å². The Balaban J connectivity index is 1.60. The molecule has 1 aliphatic carbocycles. The van der Waals surface area contributed by atoms with Gasteiger partial charge < -0.3 is 19.5 Å². The van der Waals surface area contributed by atoms with Gasteiger partial charge in [0.15, 0.2) is 0 Å². The van der Waals surface area contributed by atoms with Crippen LogP contribution in [0.3, 0.4) is 0 Å². The number of ether oxygens (including phenoxy) is 2. The highest BCUT2D eigenvalue weighted by molar-refractivity contribution is 5.76. The van der Waals surface area contributed by atoms with E-state index in [1.165, 1.54) is 5.57 Å². The Morgan fingerprint density at radius 2 is 1.96 bits per heavy atom. The third-order valence-electron chi connectivity index (χ3n) is 8.09. The highest BCUT2D eigenvalue weighted by Crippen LogP contribution is 2.58. The van der Waals surface area contributed by atoms with Crippen LogP contribution in [-0.2, 0) is 19.1 Å². The van der Waals surface area contributed by atoms with Crippen molar-refractivity contribution in [2.24, 2.45) is 23.7 Å². The Bertz CT molecular complexity index is 747. The van der Waals surface area contributed by atoms with E-state index < -0.39 is 5.60 Å². The van der Waals surface area contributed by atoms with Gasteiger partial charge in [-0.2, -0.15) is 0 Å². The van der Waals surface area contributed by atoms with E-state index in [9.17, 15) is 14.7 Å². The molecule has 6 nitrogen and oxygen atoms in total. The maximum Gasteiger partial charge on any atom is 0.309 e. The Labute approximate surface area is 166 Å². The number of esters is 2. The number of rotatable bonds is 2. The molecule has 1 N–H and O–H groups in total. The van der Waals surface area contributed by atoms with Gasteiger partial charge in [0.25, 0.3) is 0 Å². The lowest BCUT2D eigenvalue weighted by atomic mass is 9.64. The van der Waals surface area contributed by atoms with Gasteiger partial charge in [0, 0.05) is 24.1 Å². The van der Waals surface area contributed by atoms with Crippen LogP contribution in [0.1, 0.15) is 59.3 Å². The molecule has 0 spiro atoms. The lowest BCUT2D eigenvalue weighted by Gasteiger charge is -2.47. The quantitative estimate of drug-likeness (QED) is 0.731. The van der Waals surface area contributed by atoms with Crippen LogP contribution in [0.25, 0.3) is 0 Å². The fraction of sp³-hybridized carbons (Fsp3) is 0.818. The first-order valence-electron chi connectivity index (χ1n) is 11.0. The van der Waals surface area contributed by atoms with Crippen LogP contribution in [0.2, 0.25) is 0 Å². The molecule has 0 unspecified atom stereocenters. The van der Waals surface area contributed by atoms with E-state index in [0.29, 0.717) is 6.42 Å². The molecule has 4 aliphatic heterocycles. The predicted molar refractivity (Wildman–Crippen MR) is 101 cm³/mol. The van der Waals surface area contributed by atoms with Gasteiger partial charge in [-0.15, -0.1) is 0 Å². The zero-order chi connectivity index (χ0) is 19.8. The minimum Gasteiger partial charge on any atom is -0.461 e. The summed E-state index contributed by atoms with van der Waals surface area (Å²) >= 11 is 0. The smallest absolute Gasteiger partial charge is 0.309 e. The average molecular weight is 389 g/mol. The lowest BCUT2D eigenvalue weighted by Crippen LogP contribution is -2.54. The molecule has 28 heavy (non-hydrogen) atoms. The summed E-state index contributed by atoms with van der Waals surface area (Å²) < 4.78 is 11.6. The molecule has 5 aliphatic rings. The van der Waals surface area contributed by atoms with E-state index in [1.807, 2.05) is 13.8 Å². The van der Waals surface area contributed by atoms with Gasteiger partial charge >= 0.3 is 11.9 Å². The van der Waals surface area contributed by atoms with Crippen molar-refractivity contribution >= 4 is 11.9 Å². The first-order valence-corrected chi connectivity index (χ1v) is 11.0. The fourth-order valence-corrected chi connectivity index (χ4v) is 6.78. The van der Waals surface area contributed by atoms with Crippen LogP contribution in [-0.4, -0.2) is 52.3 Å². The van der Waals surface area contributed by atoms with Crippen LogP contribution in [0, 0.1) is 23.7 Å². The molecule has 3 fully saturated rings. The minimum absolute atomic E-state index is 0.0350. The zero-order valence-electron chi connectivity index (χ0n) is 17.0. The van der Waals surface area contributed by atoms with Crippen LogP contribution in [0.15, 0.2) is 11.3 Å². The molecule has 8 atom stereocenters. The van der Waals surface area contributed by atoms with Crippen LogP contribution >= 0.6 is 0 Å². The van der Waals surface area contributed by atoms with E-state index in [2.05, 4.69) is 11.8 Å². The van der Waals surface area contributed by atoms with Crippen molar-refractivity contribution in [3.63, 3.8) is 0 Å². The van der Waals surface area contributed by atoms with Crippen molar-refractivity contribution in [3.8, 4) is 0 Å². The van der Waals surface area contributed by atoms with Crippen LogP contribution < -0.4 is 0 Å². The van der Waals surface area contributed by atoms with E-state index >= 15 is 0 Å². The van der Waals surface area contributed by atoms with E-state index in [4.69, 9.17) is 9.47 Å². The Morgan fingerprint density at radius 3 is 2.64 bits per heavy atom. The predicted octanol–water partition coefficient (Wildman–Crippen LogP) is 2.40. The highest BCUT2D eigenvalue weighted by Gasteiger charge is 2.63. The Kier molecular flexibility index (Phi) is 4.10. The van der Waals surface area contributed by atoms with E-state index in [0.717, 1.165) is 44.3 Å². The third-order valence-corrected chi connectivity index (χ3v) is 8.09. The first-order chi connectivity index (χ1) is 13.4. The minimum atomic E-state index is -0.949. The average Bonchev–Trinajstić information content (AvgIpc) is 3.23. The molecular formula is C22H31NO5. The molecule has 0 radical (unpaired) electrons. The van der Waals surface area contributed by atoms with Crippen molar-refractivity contribution in [2.45, 2.75) is 83.1 Å². The molecule has 0 aromatic carbocycles. The van der Waals surface area contributed by atoms with Gasteiger partial charge in [-0.05, 0) is 44.1 Å². The summed E-state index contributed by atoms with van der Waals surface area (Å²) in [5, 5.41) is 12.0. The second-order valence-electron chi connectivity index (χ2n) is 9.56. The summed E-state index contributed by atoms with van der Waals surface area (Å²) in [6.45, 7) is 6.86. The maximum atomic E-state index is 12.5. The number of carbonyl (C=O) groups is 2. The summed E-state index contributed by atoms with van der Waals surface area (Å²) in [6, 6.07) is 0.0719. The molecule has 0 saturated carbocycles. The number of nitrogens with zero attached hydrogens (tertiary/aromatic N) is 1. The van der Waals surface area contributed by atoms with Gasteiger partial charge in [-0.1, -0.05) is 20.8 Å². The fourth-order valence-electron chi connectivity index (χ4n) is 6.78. The van der Waals surface area contributed by atoms with Crippen LogP contribution in [0.5, 0.6) is 0 Å². The number of carbonyl (C=O) groups excluding carboxylic acids is 2. The van der Waals surface area contributed by atoms with Crippen molar-refractivity contribution in [3.05, 3.63) is 11.3 Å². The first kappa shape index (κ1) is 18.5. The number of hydrogen-bond acceptors (Lipinski definition) is 6. The van der Waals surface area contributed by atoms with Gasteiger partial charge in [-0.25, -0.2) is 0 Å². The summed E-state index contributed by atoms with van der Waals surface area (Å²) in [5.41, 5.74) is 1.29. The van der Waals surface area contributed by atoms with Crippen molar-refractivity contribution in [1.82, 2.24) is 4.90 Å². The molecule has 0 aromatic heterocycles. The largest absolute Gasteiger partial charge is 0.461 e. The second-order valence-corrected chi connectivity index (χ2v) is 9.56.